The smallest absolute Gasteiger partial charge is 0.328 e. The topological polar surface area (TPSA) is 80.7 Å². The summed E-state index contributed by atoms with van der Waals surface area (Å²) in [5.41, 5.74) is -0.446. The molecule has 0 aromatic heterocycles. The molecule has 0 aliphatic carbocycles. The van der Waals surface area contributed by atoms with Crippen molar-refractivity contribution in [2.75, 3.05) is 6.61 Å². The van der Waals surface area contributed by atoms with Gasteiger partial charge in [-0.25, -0.2) is 4.39 Å². The second kappa shape index (κ2) is 5.90. The van der Waals surface area contributed by atoms with Gasteiger partial charge in [-0.1, -0.05) is 12.1 Å². The van der Waals surface area contributed by atoms with E-state index in [9.17, 15) is 18.8 Å². The van der Waals surface area contributed by atoms with Gasteiger partial charge in [-0.2, -0.15) is 0 Å². The predicted octanol–water partition coefficient (Wildman–Crippen LogP) is 1.27. The Morgan fingerprint density at radius 3 is 2.44 bits per heavy atom. The number of carbonyl (C=O) groups excluding carboxylic acids is 2. The van der Waals surface area contributed by atoms with Gasteiger partial charge in [0.2, 0.25) is 5.92 Å². The van der Waals surface area contributed by atoms with E-state index in [0.717, 1.165) is 12.1 Å². The molecule has 0 aliphatic heterocycles. The monoisotopic (exact) mass is 254 g/mol. The minimum absolute atomic E-state index is 0.0623. The molecular formula is C12H11FO5. The van der Waals surface area contributed by atoms with Gasteiger partial charge in [0.05, 0.1) is 12.2 Å². The first-order valence-corrected chi connectivity index (χ1v) is 5.17. The maximum Gasteiger partial charge on any atom is 0.328 e. The summed E-state index contributed by atoms with van der Waals surface area (Å²) in [5.74, 6) is -6.90. The Bertz CT molecular complexity index is 483. The molecule has 0 bridgehead atoms. The van der Waals surface area contributed by atoms with Gasteiger partial charge in [-0.3, -0.25) is 14.4 Å². The number of esters is 1. The van der Waals surface area contributed by atoms with Crippen LogP contribution in [0.15, 0.2) is 24.3 Å². The molecule has 0 amide bonds. The van der Waals surface area contributed by atoms with Crippen molar-refractivity contribution in [1.29, 1.82) is 0 Å². The fourth-order valence-electron chi connectivity index (χ4n) is 1.36. The lowest BCUT2D eigenvalue weighted by Crippen LogP contribution is -2.33. The molecular weight excluding hydrogens is 243 g/mol. The molecule has 0 fully saturated rings. The summed E-state index contributed by atoms with van der Waals surface area (Å²) in [7, 11) is 0. The van der Waals surface area contributed by atoms with Crippen molar-refractivity contribution in [3.8, 4) is 0 Å². The Morgan fingerprint density at radius 1 is 1.33 bits per heavy atom. The fourth-order valence-corrected chi connectivity index (χ4v) is 1.36. The molecule has 5 nitrogen and oxygen atoms in total. The molecule has 0 aliphatic rings. The second-order valence-corrected chi connectivity index (χ2v) is 3.37. The third-order valence-corrected chi connectivity index (χ3v) is 2.17. The van der Waals surface area contributed by atoms with E-state index in [0.29, 0.717) is 0 Å². The minimum atomic E-state index is -2.04. The summed E-state index contributed by atoms with van der Waals surface area (Å²) in [4.78, 5) is 34.1. The highest BCUT2D eigenvalue weighted by Gasteiger charge is 2.37. The molecule has 0 saturated heterocycles. The van der Waals surface area contributed by atoms with Crippen LogP contribution in [0.25, 0.3) is 0 Å². The molecule has 96 valence electrons. The average Bonchev–Trinajstić information content (AvgIpc) is 2.29. The fraction of sp³-hybridized carbons (Fsp3) is 0.250. The molecule has 1 atom stereocenters. The number of benzene rings is 1. The Kier molecular flexibility index (Phi) is 4.53. The van der Waals surface area contributed by atoms with Crippen molar-refractivity contribution in [3.05, 3.63) is 35.6 Å². The van der Waals surface area contributed by atoms with Gasteiger partial charge in [0, 0.05) is 0 Å². The largest absolute Gasteiger partial charge is 0.480 e. The first-order valence-electron chi connectivity index (χ1n) is 5.17. The lowest BCUT2D eigenvalue weighted by molar-refractivity contribution is -0.155. The van der Waals surface area contributed by atoms with Crippen molar-refractivity contribution in [2.45, 2.75) is 6.92 Å². The molecule has 1 aromatic carbocycles. The summed E-state index contributed by atoms with van der Waals surface area (Å²) < 4.78 is 17.8. The lowest BCUT2D eigenvalue weighted by atomic mass is 9.97. The quantitative estimate of drug-likeness (QED) is 0.486. The van der Waals surface area contributed by atoms with Crippen LogP contribution in [0.3, 0.4) is 0 Å². The van der Waals surface area contributed by atoms with Gasteiger partial charge in [0.15, 0.2) is 5.78 Å². The number of aliphatic carboxylic acids is 1. The minimum Gasteiger partial charge on any atom is -0.480 e. The highest BCUT2D eigenvalue weighted by molar-refractivity contribution is 6.20. The van der Waals surface area contributed by atoms with Crippen molar-refractivity contribution in [3.63, 3.8) is 0 Å². The van der Waals surface area contributed by atoms with Gasteiger partial charge >= 0.3 is 11.9 Å². The number of ether oxygens (including phenoxy) is 1. The lowest BCUT2D eigenvalue weighted by Gasteiger charge is -2.10. The average molecular weight is 254 g/mol. The standard InChI is InChI=1S/C12H11FO5/c1-2-18-12(17)9(11(15)16)10(14)7-5-3-4-6-8(7)13/h3-6,9H,2H2,1H3,(H,15,16). The van der Waals surface area contributed by atoms with Crippen LogP contribution < -0.4 is 0 Å². The van der Waals surface area contributed by atoms with Crippen LogP contribution in [0.1, 0.15) is 17.3 Å². The van der Waals surface area contributed by atoms with E-state index in [-0.39, 0.29) is 6.61 Å². The van der Waals surface area contributed by atoms with Gasteiger partial charge in [-0.05, 0) is 19.1 Å². The Balaban J connectivity index is 3.08. The number of halogens is 1. The Morgan fingerprint density at radius 2 is 1.94 bits per heavy atom. The zero-order chi connectivity index (χ0) is 13.7. The third kappa shape index (κ3) is 2.91. The van der Waals surface area contributed by atoms with Crippen molar-refractivity contribution in [2.24, 2.45) is 5.92 Å². The molecule has 1 aromatic rings. The van der Waals surface area contributed by atoms with Crippen LogP contribution in [0.5, 0.6) is 0 Å². The van der Waals surface area contributed by atoms with Crippen molar-refractivity contribution in [1.82, 2.24) is 0 Å². The summed E-state index contributed by atoms with van der Waals surface area (Å²) in [6, 6.07) is 4.86. The summed E-state index contributed by atoms with van der Waals surface area (Å²) in [5, 5.41) is 8.85. The Labute approximate surface area is 102 Å². The summed E-state index contributed by atoms with van der Waals surface area (Å²) in [6.45, 7) is 1.41. The van der Waals surface area contributed by atoms with Gasteiger partial charge in [0.25, 0.3) is 0 Å². The molecule has 1 unspecified atom stereocenters. The number of hydrogen-bond acceptors (Lipinski definition) is 4. The van der Waals surface area contributed by atoms with Crippen molar-refractivity contribution >= 4 is 17.7 Å². The van der Waals surface area contributed by atoms with Crippen LogP contribution in [0, 0.1) is 11.7 Å². The maximum absolute atomic E-state index is 13.3. The molecule has 1 rings (SSSR count). The summed E-state index contributed by atoms with van der Waals surface area (Å²) >= 11 is 0. The summed E-state index contributed by atoms with van der Waals surface area (Å²) in [6.07, 6.45) is 0. The SMILES string of the molecule is CCOC(=O)C(C(=O)O)C(=O)c1ccccc1F. The maximum atomic E-state index is 13.3. The molecule has 0 radical (unpaired) electrons. The number of ketones is 1. The molecule has 6 heteroatoms. The van der Waals surface area contributed by atoms with Crippen LogP contribution in [0.2, 0.25) is 0 Å². The zero-order valence-electron chi connectivity index (χ0n) is 9.55. The van der Waals surface area contributed by atoms with Gasteiger partial charge in [-0.15, -0.1) is 0 Å². The predicted molar refractivity (Wildman–Crippen MR) is 58.5 cm³/mol. The zero-order valence-corrected chi connectivity index (χ0v) is 9.55. The van der Waals surface area contributed by atoms with Gasteiger partial charge in [0.1, 0.15) is 5.82 Å². The first kappa shape index (κ1) is 13.8. The van der Waals surface area contributed by atoms with Crippen LogP contribution in [-0.4, -0.2) is 29.4 Å². The number of carboxylic acid groups (broad SMARTS) is 1. The van der Waals surface area contributed by atoms with E-state index in [1.807, 2.05) is 0 Å². The Hall–Kier alpha value is -2.24. The number of hydrogen-bond donors (Lipinski definition) is 1. The van der Waals surface area contributed by atoms with E-state index in [4.69, 9.17) is 5.11 Å². The third-order valence-electron chi connectivity index (χ3n) is 2.17. The van der Waals surface area contributed by atoms with E-state index in [2.05, 4.69) is 4.74 Å². The first-order chi connectivity index (χ1) is 8.49. The molecule has 18 heavy (non-hydrogen) atoms. The highest BCUT2D eigenvalue weighted by atomic mass is 19.1. The normalized spacial score (nSPS) is 11.7. The van der Waals surface area contributed by atoms with E-state index >= 15 is 0 Å². The van der Waals surface area contributed by atoms with Crippen LogP contribution >= 0.6 is 0 Å². The van der Waals surface area contributed by atoms with E-state index < -0.39 is 35.0 Å². The highest BCUT2D eigenvalue weighted by Crippen LogP contribution is 2.14. The molecule has 1 N–H and O–H groups in total. The van der Waals surface area contributed by atoms with Gasteiger partial charge < -0.3 is 9.84 Å². The van der Waals surface area contributed by atoms with E-state index in [1.165, 1.54) is 19.1 Å². The van der Waals surface area contributed by atoms with Crippen LogP contribution in [0.4, 0.5) is 4.39 Å². The molecule has 0 heterocycles. The van der Waals surface area contributed by atoms with E-state index in [1.54, 1.807) is 0 Å². The van der Waals surface area contributed by atoms with Crippen molar-refractivity contribution < 1.29 is 28.6 Å². The number of Topliss-reactive ketones (excluding diaryl/α,β-unsaturated/α-hetero) is 1. The number of carbonyl (C=O) groups is 3. The molecule has 0 saturated carbocycles. The van der Waals surface area contributed by atoms with Crippen LogP contribution in [-0.2, 0) is 14.3 Å². The number of carboxylic acids is 1. The molecule has 0 spiro atoms. The second-order valence-electron chi connectivity index (χ2n) is 3.37. The number of rotatable bonds is 5.